The van der Waals surface area contributed by atoms with Crippen molar-refractivity contribution in [1.29, 1.82) is 0 Å². The van der Waals surface area contributed by atoms with Gasteiger partial charge in [0, 0.05) is 12.3 Å². The first kappa shape index (κ1) is 17.7. The van der Waals surface area contributed by atoms with E-state index in [0.717, 1.165) is 30.4 Å². The second-order valence-corrected chi connectivity index (χ2v) is 8.61. The molecule has 3 rings (SSSR count). The lowest BCUT2D eigenvalue weighted by Gasteiger charge is -2.29. The number of benzene rings is 1. The molecule has 0 spiro atoms. The van der Waals surface area contributed by atoms with Crippen molar-refractivity contribution in [2.75, 3.05) is 12.9 Å². The standard InChI is InChI=1S/C16H22N4O4S/c1-11-5-3-4-6-13(11)17-16(21)10-24-20-15-9-12(25(2,22)23)7-8-14(15)18-19-20/h7-9,11,13H,3-6,10H2,1-2H3,(H,17,21). The van der Waals surface area contributed by atoms with Crippen LogP contribution in [0.25, 0.3) is 11.0 Å². The van der Waals surface area contributed by atoms with Crippen molar-refractivity contribution in [3.8, 4) is 0 Å². The van der Waals surface area contributed by atoms with E-state index < -0.39 is 9.84 Å². The quantitative estimate of drug-likeness (QED) is 0.845. The summed E-state index contributed by atoms with van der Waals surface area (Å²) in [4.78, 5) is 18.8. The number of hydrogen-bond donors (Lipinski definition) is 1. The molecule has 2 atom stereocenters. The van der Waals surface area contributed by atoms with E-state index in [1.54, 1.807) is 6.07 Å². The maximum Gasteiger partial charge on any atom is 0.261 e. The Morgan fingerprint density at radius 2 is 2.12 bits per heavy atom. The zero-order valence-corrected chi connectivity index (χ0v) is 15.1. The summed E-state index contributed by atoms with van der Waals surface area (Å²) in [6, 6.07) is 4.64. The Balaban J connectivity index is 1.67. The van der Waals surface area contributed by atoms with Crippen molar-refractivity contribution in [1.82, 2.24) is 20.5 Å². The average molecular weight is 366 g/mol. The van der Waals surface area contributed by atoms with Gasteiger partial charge in [-0.25, -0.2) is 8.42 Å². The van der Waals surface area contributed by atoms with Gasteiger partial charge in [0.2, 0.25) is 0 Å². The van der Waals surface area contributed by atoms with Crippen LogP contribution in [0.5, 0.6) is 0 Å². The molecule has 0 saturated heterocycles. The van der Waals surface area contributed by atoms with Crippen molar-refractivity contribution in [2.45, 2.75) is 43.5 Å². The lowest BCUT2D eigenvalue weighted by atomic mass is 9.86. The molecule has 0 aliphatic heterocycles. The molecule has 1 aliphatic carbocycles. The Labute approximate surface area is 146 Å². The van der Waals surface area contributed by atoms with Crippen LogP contribution < -0.4 is 10.2 Å². The number of amides is 1. The molecule has 2 unspecified atom stereocenters. The number of nitrogens with zero attached hydrogens (tertiary/aromatic N) is 3. The molecule has 25 heavy (non-hydrogen) atoms. The van der Waals surface area contributed by atoms with Crippen molar-refractivity contribution < 1.29 is 18.0 Å². The topological polar surface area (TPSA) is 103 Å². The minimum atomic E-state index is -3.35. The van der Waals surface area contributed by atoms with Crippen LogP contribution in [0.4, 0.5) is 0 Å². The number of fused-ring (bicyclic) bond motifs is 1. The summed E-state index contributed by atoms with van der Waals surface area (Å²) in [7, 11) is -3.35. The zero-order valence-electron chi connectivity index (χ0n) is 14.3. The van der Waals surface area contributed by atoms with Gasteiger partial charge in [-0.15, -0.1) is 5.10 Å². The highest BCUT2D eigenvalue weighted by molar-refractivity contribution is 7.90. The van der Waals surface area contributed by atoms with E-state index in [9.17, 15) is 13.2 Å². The van der Waals surface area contributed by atoms with E-state index in [1.165, 1.54) is 18.6 Å². The first-order chi connectivity index (χ1) is 11.8. The van der Waals surface area contributed by atoms with Crippen LogP contribution in [-0.2, 0) is 14.6 Å². The number of carbonyl (C=O) groups is 1. The molecule has 1 aromatic heterocycles. The van der Waals surface area contributed by atoms with E-state index in [0.29, 0.717) is 17.0 Å². The molecule has 1 fully saturated rings. The van der Waals surface area contributed by atoms with E-state index in [-0.39, 0.29) is 23.5 Å². The van der Waals surface area contributed by atoms with E-state index in [1.807, 2.05) is 0 Å². The highest BCUT2D eigenvalue weighted by Crippen LogP contribution is 2.23. The second-order valence-electron chi connectivity index (χ2n) is 6.59. The maximum absolute atomic E-state index is 12.1. The molecule has 1 aliphatic rings. The molecule has 2 aromatic rings. The molecule has 1 saturated carbocycles. The SMILES string of the molecule is CC1CCCCC1NC(=O)COn1nnc2ccc(S(C)(=O)=O)cc21. The minimum absolute atomic E-state index is 0.146. The summed E-state index contributed by atoms with van der Waals surface area (Å²) in [5.74, 6) is 0.240. The minimum Gasteiger partial charge on any atom is -0.385 e. The first-order valence-corrected chi connectivity index (χ1v) is 10.2. The molecule has 9 heteroatoms. The highest BCUT2D eigenvalue weighted by atomic mass is 32.2. The summed E-state index contributed by atoms with van der Waals surface area (Å²) in [6.45, 7) is 1.94. The highest BCUT2D eigenvalue weighted by Gasteiger charge is 2.23. The van der Waals surface area contributed by atoms with Crippen LogP contribution in [-0.4, -0.2) is 48.4 Å². The fourth-order valence-corrected chi connectivity index (χ4v) is 3.74. The number of sulfone groups is 1. The van der Waals surface area contributed by atoms with Crippen LogP contribution >= 0.6 is 0 Å². The van der Waals surface area contributed by atoms with Gasteiger partial charge >= 0.3 is 0 Å². The fraction of sp³-hybridized carbons (Fsp3) is 0.562. The normalized spacial score (nSPS) is 21.2. The number of rotatable bonds is 5. The van der Waals surface area contributed by atoms with Gasteiger partial charge in [-0.05, 0) is 42.2 Å². The summed E-state index contributed by atoms with van der Waals surface area (Å²) in [5, 5.41) is 10.7. The Morgan fingerprint density at radius 3 is 2.84 bits per heavy atom. The van der Waals surface area contributed by atoms with Gasteiger partial charge in [-0.3, -0.25) is 4.79 Å². The number of aromatic nitrogens is 3. The molecule has 1 heterocycles. The van der Waals surface area contributed by atoms with E-state index in [2.05, 4.69) is 22.6 Å². The molecular formula is C16H22N4O4S. The predicted octanol–water partition coefficient (Wildman–Crippen LogP) is 0.958. The molecule has 0 radical (unpaired) electrons. The largest absolute Gasteiger partial charge is 0.385 e. The summed E-state index contributed by atoms with van der Waals surface area (Å²) < 4.78 is 23.3. The Hall–Kier alpha value is -2.16. The summed E-state index contributed by atoms with van der Waals surface area (Å²) in [6.07, 6.45) is 5.56. The number of nitrogens with one attached hydrogen (secondary N) is 1. The monoisotopic (exact) mass is 366 g/mol. The van der Waals surface area contributed by atoms with Crippen molar-refractivity contribution in [3.63, 3.8) is 0 Å². The van der Waals surface area contributed by atoms with Gasteiger partial charge in [0.15, 0.2) is 16.4 Å². The predicted molar refractivity (Wildman–Crippen MR) is 91.6 cm³/mol. The number of hydrogen-bond acceptors (Lipinski definition) is 6. The van der Waals surface area contributed by atoms with Gasteiger partial charge in [0.1, 0.15) is 11.0 Å². The third-order valence-corrected chi connectivity index (χ3v) is 5.70. The van der Waals surface area contributed by atoms with Gasteiger partial charge in [-0.1, -0.05) is 24.6 Å². The maximum atomic E-state index is 12.1. The molecule has 0 bridgehead atoms. The van der Waals surface area contributed by atoms with Gasteiger partial charge < -0.3 is 10.2 Å². The lowest BCUT2D eigenvalue weighted by Crippen LogP contribution is -2.43. The Morgan fingerprint density at radius 1 is 1.36 bits per heavy atom. The van der Waals surface area contributed by atoms with Crippen molar-refractivity contribution in [3.05, 3.63) is 18.2 Å². The van der Waals surface area contributed by atoms with Crippen LogP contribution in [0.2, 0.25) is 0 Å². The zero-order chi connectivity index (χ0) is 18.0. The van der Waals surface area contributed by atoms with Crippen molar-refractivity contribution in [2.24, 2.45) is 5.92 Å². The van der Waals surface area contributed by atoms with E-state index in [4.69, 9.17) is 4.84 Å². The molecule has 8 nitrogen and oxygen atoms in total. The number of carbonyl (C=O) groups excluding carboxylic acids is 1. The summed E-state index contributed by atoms with van der Waals surface area (Å²) in [5.41, 5.74) is 0.899. The van der Waals surface area contributed by atoms with Crippen LogP contribution in [0, 0.1) is 5.92 Å². The fourth-order valence-electron chi connectivity index (χ4n) is 3.10. The molecule has 136 valence electrons. The smallest absolute Gasteiger partial charge is 0.261 e. The van der Waals surface area contributed by atoms with Gasteiger partial charge in [0.25, 0.3) is 5.91 Å². The first-order valence-electron chi connectivity index (χ1n) is 8.33. The van der Waals surface area contributed by atoms with Crippen molar-refractivity contribution >= 4 is 26.8 Å². The average Bonchev–Trinajstić information content (AvgIpc) is 2.96. The second kappa shape index (κ2) is 6.99. The van der Waals surface area contributed by atoms with Crippen LogP contribution in [0.1, 0.15) is 32.6 Å². The van der Waals surface area contributed by atoms with Crippen LogP contribution in [0.15, 0.2) is 23.1 Å². The molecule has 1 amide bonds. The van der Waals surface area contributed by atoms with E-state index >= 15 is 0 Å². The Kier molecular flexibility index (Phi) is 4.94. The third kappa shape index (κ3) is 4.09. The summed E-state index contributed by atoms with van der Waals surface area (Å²) >= 11 is 0. The molecule has 1 aromatic carbocycles. The Bertz CT molecular complexity index is 877. The lowest BCUT2D eigenvalue weighted by molar-refractivity contribution is -0.127. The van der Waals surface area contributed by atoms with Gasteiger partial charge in [-0.2, -0.15) is 0 Å². The van der Waals surface area contributed by atoms with Crippen LogP contribution in [0.3, 0.4) is 0 Å². The molecular weight excluding hydrogens is 344 g/mol. The molecule has 1 N–H and O–H groups in total. The van der Waals surface area contributed by atoms with Gasteiger partial charge in [0.05, 0.1) is 4.90 Å². The third-order valence-electron chi connectivity index (χ3n) is 4.59.